The molecule has 2 amide bonds. The van der Waals surface area contributed by atoms with Gasteiger partial charge in [0.2, 0.25) is 5.91 Å². The molecule has 1 aromatic rings. The lowest BCUT2D eigenvalue weighted by molar-refractivity contribution is -0.158. The van der Waals surface area contributed by atoms with Crippen molar-refractivity contribution in [1.29, 1.82) is 0 Å². The highest BCUT2D eigenvalue weighted by Gasteiger charge is 2.75. The minimum absolute atomic E-state index is 0.104. The molecule has 6 atom stereocenters. The molecule has 4 heterocycles. The number of rotatable bonds is 7. The topological polar surface area (TPSA) is 99.6 Å². The van der Waals surface area contributed by atoms with Crippen molar-refractivity contribution in [2.24, 2.45) is 17.8 Å². The first-order chi connectivity index (χ1) is 18.6. The number of amides is 2. The number of hydrogen-bond donors (Lipinski definition) is 1. The summed E-state index contributed by atoms with van der Waals surface area (Å²) in [6.45, 7) is 11.6. The van der Waals surface area contributed by atoms with E-state index in [2.05, 4.69) is 18.7 Å². The molecule has 1 unspecified atom stereocenters. The van der Waals surface area contributed by atoms with Crippen LogP contribution in [0.25, 0.3) is 0 Å². The number of aliphatic hydroxyl groups excluding tert-OH is 1. The SMILES string of the molecule is CCN(CC)c1ccc(N2CC=C[C@]34O[C@]5(C)C=CCOC(=O)[C@@H]5[C@H]3C(=O)N([C@@H](CO)C(C)C)C4C2=O)cc1. The van der Waals surface area contributed by atoms with E-state index >= 15 is 0 Å². The Kier molecular flexibility index (Phi) is 7.09. The van der Waals surface area contributed by atoms with Gasteiger partial charge in [0.25, 0.3) is 5.91 Å². The van der Waals surface area contributed by atoms with E-state index in [9.17, 15) is 19.5 Å². The van der Waals surface area contributed by atoms with Crippen molar-refractivity contribution in [3.05, 3.63) is 48.6 Å². The summed E-state index contributed by atoms with van der Waals surface area (Å²) in [6.07, 6.45) is 7.16. The lowest BCUT2D eigenvalue weighted by Gasteiger charge is -2.41. The molecule has 0 saturated carbocycles. The van der Waals surface area contributed by atoms with E-state index in [-0.39, 0.29) is 37.5 Å². The molecule has 9 heteroatoms. The first kappa shape index (κ1) is 27.4. The van der Waals surface area contributed by atoms with Gasteiger partial charge in [-0.1, -0.05) is 32.1 Å². The zero-order valence-electron chi connectivity index (χ0n) is 23.4. The smallest absolute Gasteiger partial charge is 0.313 e. The summed E-state index contributed by atoms with van der Waals surface area (Å²) in [4.78, 5) is 47.4. The van der Waals surface area contributed by atoms with E-state index in [0.29, 0.717) is 5.69 Å². The standard InChI is InChI=1S/C30H39N3O6/c1-6-31(7-2)20-10-12-21(13-11-20)32-16-8-15-30-23(24-28(37)38-17-9-14-29(24,5)39-30)26(35)33(25(30)27(32)36)22(18-34)19(3)4/h8-15,19,22-25,34H,6-7,16-18H2,1-5H3/t22-,23-,24-,25?,29+,30-/m0/s1. The van der Waals surface area contributed by atoms with Crippen molar-refractivity contribution >= 4 is 29.2 Å². The van der Waals surface area contributed by atoms with Gasteiger partial charge in [-0.05, 0) is 57.0 Å². The number of ether oxygens (including phenoxy) is 2. The van der Waals surface area contributed by atoms with Crippen LogP contribution in [0.1, 0.15) is 34.6 Å². The molecule has 9 nitrogen and oxygen atoms in total. The highest BCUT2D eigenvalue weighted by atomic mass is 16.6. The van der Waals surface area contributed by atoms with E-state index in [0.717, 1.165) is 18.8 Å². The monoisotopic (exact) mass is 537 g/mol. The molecule has 1 aromatic carbocycles. The van der Waals surface area contributed by atoms with Crippen LogP contribution in [0.15, 0.2) is 48.6 Å². The molecule has 5 rings (SSSR count). The second kappa shape index (κ2) is 10.1. The predicted octanol–water partition coefficient (Wildman–Crippen LogP) is 2.54. The number of nitrogens with zero attached hydrogens (tertiary/aromatic N) is 3. The largest absolute Gasteiger partial charge is 0.461 e. The Balaban J connectivity index is 1.62. The zero-order chi connectivity index (χ0) is 28.1. The third kappa shape index (κ3) is 4.09. The first-order valence-electron chi connectivity index (χ1n) is 13.9. The molecule has 0 aliphatic carbocycles. The Bertz CT molecular complexity index is 1190. The molecule has 1 spiro atoms. The van der Waals surface area contributed by atoms with Gasteiger partial charge < -0.3 is 29.3 Å². The summed E-state index contributed by atoms with van der Waals surface area (Å²) in [5, 5.41) is 10.4. The highest BCUT2D eigenvalue weighted by molar-refractivity contribution is 6.06. The second-order valence-electron chi connectivity index (χ2n) is 11.3. The van der Waals surface area contributed by atoms with E-state index in [1.165, 1.54) is 4.90 Å². The Hall–Kier alpha value is -3.17. The van der Waals surface area contributed by atoms with Crippen LogP contribution >= 0.6 is 0 Å². The Morgan fingerprint density at radius 2 is 1.72 bits per heavy atom. The number of anilines is 2. The van der Waals surface area contributed by atoms with Crippen LogP contribution in [-0.2, 0) is 23.9 Å². The highest BCUT2D eigenvalue weighted by Crippen LogP contribution is 2.58. The quantitative estimate of drug-likeness (QED) is 0.422. The predicted molar refractivity (Wildman–Crippen MR) is 147 cm³/mol. The van der Waals surface area contributed by atoms with Crippen LogP contribution in [0.3, 0.4) is 0 Å². The molecule has 0 aromatic heterocycles. The van der Waals surface area contributed by atoms with Gasteiger partial charge in [-0.25, -0.2) is 0 Å². The van der Waals surface area contributed by atoms with Crippen molar-refractivity contribution in [3.63, 3.8) is 0 Å². The number of hydrogen-bond acceptors (Lipinski definition) is 7. The summed E-state index contributed by atoms with van der Waals surface area (Å²) in [5.74, 6) is -3.20. The number of benzene rings is 1. The van der Waals surface area contributed by atoms with Crippen LogP contribution in [0, 0.1) is 17.8 Å². The number of cyclic esters (lactones) is 1. The second-order valence-corrected chi connectivity index (χ2v) is 11.3. The molecule has 0 radical (unpaired) electrons. The van der Waals surface area contributed by atoms with E-state index in [1.54, 1.807) is 30.1 Å². The number of carbonyl (C=O) groups is 3. The fraction of sp³-hybridized carbons (Fsp3) is 0.567. The first-order valence-corrected chi connectivity index (χ1v) is 13.9. The molecule has 4 aliphatic rings. The molecular formula is C30H39N3O6. The fourth-order valence-corrected chi connectivity index (χ4v) is 6.94. The molecule has 2 saturated heterocycles. The summed E-state index contributed by atoms with van der Waals surface area (Å²) in [7, 11) is 0. The van der Waals surface area contributed by atoms with Gasteiger partial charge >= 0.3 is 5.97 Å². The van der Waals surface area contributed by atoms with E-state index in [4.69, 9.17) is 9.47 Å². The van der Waals surface area contributed by atoms with Crippen molar-refractivity contribution in [3.8, 4) is 0 Å². The van der Waals surface area contributed by atoms with Gasteiger partial charge in [0.15, 0.2) is 0 Å². The summed E-state index contributed by atoms with van der Waals surface area (Å²) in [5.41, 5.74) is -0.729. The van der Waals surface area contributed by atoms with Gasteiger partial charge in [0, 0.05) is 31.0 Å². The minimum Gasteiger partial charge on any atom is -0.461 e. The number of aliphatic hydroxyl groups is 1. The van der Waals surface area contributed by atoms with Crippen molar-refractivity contribution in [2.45, 2.75) is 57.9 Å². The normalized spacial score (nSPS) is 32.5. The van der Waals surface area contributed by atoms with Crippen molar-refractivity contribution in [2.75, 3.05) is 42.6 Å². The molecule has 1 N–H and O–H groups in total. The van der Waals surface area contributed by atoms with Crippen molar-refractivity contribution in [1.82, 2.24) is 4.90 Å². The molecular weight excluding hydrogens is 498 g/mol. The lowest BCUT2D eigenvalue weighted by Crippen LogP contribution is -2.59. The summed E-state index contributed by atoms with van der Waals surface area (Å²) < 4.78 is 12.2. The maximum absolute atomic E-state index is 14.5. The van der Waals surface area contributed by atoms with Gasteiger partial charge in [-0.15, -0.1) is 0 Å². The van der Waals surface area contributed by atoms with Gasteiger partial charge in [-0.3, -0.25) is 14.4 Å². The van der Waals surface area contributed by atoms with Crippen LogP contribution in [0.5, 0.6) is 0 Å². The van der Waals surface area contributed by atoms with Gasteiger partial charge in [-0.2, -0.15) is 0 Å². The summed E-state index contributed by atoms with van der Waals surface area (Å²) in [6, 6.07) is 6.15. The van der Waals surface area contributed by atoms with Crippen LogP contribution in [-0.4, -0.2) is 83.9 Å². The molecule has 39 heavy (non-hydrogen) atoms. The molecule has 210 valence electrons. The average molecular weight is 538 g/mol. The maximum Gasteiger partial charge on any atom is 0.313 e. The molecule has 2 fully saturated rings. The van der Waals surface area contributed by atoms with E-state index < -0.39 is 41.1 Å². The van der Waals surface area contributed by atoms with Gasteiger partial charge in [0.05, 0.1) is 24.2 Å². The Morgan fingerprint density at radius 3 is 2.33 bits per heavy atom. The fourth-order valence-electron chi connectivity index (χ4n) is 6.94. The number of likely N-dealkylation sites (tertiary alicyclic amines) is 1. The van der Waals surface area contributed by atoms with Crippen LogP contribution < -0.4 is 9.80 Å². The van der Waals surface area contributed by atoms with E-state index in [1.807, 2.05) is 44.2 Å². The number of carbonyl (C=O) groups excluding carboxylic acids is 3. The average Bonchev–Trinajstić information content (AvgIpc) is 3.16. The maximum atomic E-state index is 14.5. The summed E-state index contributed by atoms with van der Waals surface area (Å²) >= 11 is 0. The van der Waals surface area contributed by atoms with Gasteiger partial charge in [0.1, 0.15) is 24.2 Å². The van der Waals surface area contributed by atoms with Crippen molar-refractivity contribution < 1.29 is 29.0 Å². The minimum atomic E-state index is -1.38. The third-order valence-corrected chi connectivity index (χ3v) is 8.85. The Morgan fingerprint density at radius 1 is 1.03 bits per heavy atom. The molecule has 0 bridgehead atoms. The zero-order valence-corrected chi connectivity index (χ0v) is 23.4. The van der Waals surface area contributed by atoms with Crippen LogP contribution in [0.4, 0.5) is 11.4 Å². The lowest BCUT2D eigenvalue weighted by atomic mass is 9.75. The van der Waals surface area contributed by atoms with Crippen LogP contribution in [0.2, 0.25) is 0 Å². The third-order valence-electron chi connectivity index (χ3n) is 8.85. The molecule has 4 aliphatic heterocycles. The Labute approximate surface area is 230 Å². The number of fused-ring (bicyclic) bond motifs is 2. The number of esters is 1.